The molecule has 6 nitrogen and oxygen atoms in total. The van der Waals surface area contributed by atoms with Gasteiger partial charge in [-0.3, -0.25) is 9.69 Å². The maximum Gasteiger partial charge on any atom is 0.317 e. The van der Waals surface area contributed by atoms with Gasteiger partial charge in [-0.15, -0.1) is 0 Å². The molecule has 3 aliphatic heterocycles. The summed E-state index contributed by atoms with van der Waals surface area (Å²) >= 11 is 0. The summed E-state index contributed by atoms with van der Waals surface area (Å²) in [6.45, 7) is 5.12. The highest BCUT2D eigenvalue weighted by Crippen LogP contribution is 2.22. The van der Waals surface area contributed by atoms with Crippen molar-refractivity contribution >= 4 is 11.9 Å². The second-order valence-electron chi connectivity index (χ2n) is 8.63. The van der Waals surface area contributed by atoms with E-state index in [4.69, 9.17) is 0 Å². The molecule has 2 N–H and O–H groups in total. The lowest BCUT2D eigenvalue weighted by Crippen LogP contribution is -2.48. The Kier molecular flexibility index (Phi) is 6.15. The molecular weight excluding hydrogens is 352 g/mol. The number of rotatable bonds is 4. The van der Waals surface area contributed by atoms with Crippen molar-refractivity contribution in [2.24, 2.45) is 11.8 Å². The lowest BCUT2D eigenvalue weighted by atomic mass is 9.96. The fourth-order valence-corrected chi connectivity index (χ4v) is 4.75. The molecule has 2 atom stereocenters. The van der Waals surface area contributed by atoms with Crippen molar-refractivity contribution in [2.75, 3.05) is 32.7 Å². The molecule has 0 aliphatic carbocycles. The first kappa shape index (κ1) is 19.2. The van der Waals surface area contributed by atoms with Crippen LogP contribution in [0.1, 0.15) is 37.7 Å². The van der Waals surface area contributed by atoms with Gasteiger partial charge in [-0.05, 0) is 50.3 Å². The van der Waals surface area contributed by atoms with Gasteiger partial charge in [0.1, 0.15) is 0 Å². The van der Waals surface area contributed by atoms with Crippen molar-refractivity contribution in [3.8, 4) is 0 Å². The Morgan fingerprint density at radius 1 is 1.07 bits per heavy atom. The zero-order valence-electron chi connectivity index (χ0n) is 16.6. The standard InChI is InChI=1S/C22H32N4O2/c27-21-19-7-4-8-20(24-21)16-26(15-19)22(28)23-13-17-9-11-25(12-10-17)14-18-5-2-1-3-6-18/h1-3,5-6,17,19-20H,4,7-16H2,(H,23,28)(H,24,27)/t19-,20+/m1/s1. The van der Waals surface area contributed by atoms with Crippen molar-refractivity contribution in [1.29, 1.82) is 0 Å². The fourth-order valence-electron chi connectivity index (χ4n) is 4.75. The minimum atomic E-state index is -0.0422. The molecule has 3 fully saturated rings. The molecular formula is C22H32N4O2. The third-order valence-electron chi connectivity index (χ3n) is 6.49. The number of piperidine rings is 1. The molecule has 3 saturated heterocycles. The molecule has 1 aromatic carbocycles. The largest absolute Gasteiger partial charge is 0.351 e. The van der Waals surface area contributed by atoms with Gasteiger partial charge in [0.25, 0.3) is 0 Å². The van der Waals surface area contributed by atoms with Crippen LogP contribution in [-0.2, 0) is 11.3 Å². The Bertz CT molecular complexity index is 672. The minimum absolute atomic E-state index is 0.000107. The third kappa shape index (κ3) is 4.85. The molecule has 6 heteroatoms. The van der Waals surface area contributed by atoms with E-state index in [1.54, 1.807) is 0 Å². The summed E-state index contributed by atoms with van der Waals surface area (Å²) in [6.07, 6.45) is 5.19. The first-order valence-corrected chi connectivity index (χ1v) is 10.8. The summed E-state index contributed by atoms with van der Waals surface area (Å²) in [5.41, 5.74) is 1.36. The number of nitrogens with one attached hydrogen (secondary N) is 2. The summed E-state index contributed by atoms with van der Waals surface area (Å²) in [7, 11) is 0. The number of fused-ring (bicyclic) bond motifs is 3. The molecule has 152 valence electrons. The SMILES string of the molecule is O=C1N[C@H]2CCC[C@@H]1CN(C(=O)NCC1CCN(Cc3ccccc3)CC1)C2. The number of carbonyl (C=O) groups is 2. The van der Waals surface area contributed by atoms with E-state index in [1.165, 1.54) is 5.56 Å². The monoisotopic (exact) mass is 384 g/mol. The van der Waals surface area contributed by atoms with Gasteiger partial charge in [-0.1, -0.05) is 36.8 Å². The molecule has 4 rings (SSSR count). The van der Waals surface area contributed by atoms with Crippen LogP contribution in [0.15, 0.2) is 30.3 Å². The molecule has 28 heavy (non-hydrogen) atoms. The molecule has 3 amide bonds. The summed E-state index contributed by atoms with van der Waals surface area (Å²) in [5, 5.41) is 6.24. The van der Waals surface area contributed by atoms with Crippen LogP contribution in [0.2, 0.25) is 0 Å². The molecule has 0 radical (unpaired) electrons. The smallest absolute Gasteiger partial charge is 0.317 e. The van der Waals surface area contributed by atoms with Crippen molar-refractivity contribution in [2.45, 2.75) is 44.7 Å². The zero-order valence-corrected chi connectivity index (χ0v) is 16.6. The molecule has 0 saturated carbocycles. The highest BCUT2D eigenvalue weighted by atomic mass is 16.2. The van der Waals surface area contributed by atoms with E-state index in [1.807, 2.05) is 4.90 Å². The molecule has 0 unspecified atom stereocenters. The van der Waals surface area contributed by atoms with Gasteiger partial charge in [0, 0.05) is 32.2 Å². The average molecular weight is 385 g/mol. The molecule has 0 spiro atoms. The van der Waals surface area contributed by atoms with Crippen LogP contribution in [-0.4, -0.2) is 60.5 Å². The lowest BCUT2D eigenvalue weighted by Gasteiger charge is -2.33. The molecule has 0 aromatic heterocycles. The second kappa shape index (κ2) is 8.95. The van der Waals surface area contributed by atoms with Gasteiger partial charge in [0.15, 0.2) is 0 Å². The quantitative estimate of drug-likeness (QED) is 0.837. The van der Waals surface area contributed by atoms with Gasteiger partial charge in [-0.2, -0.15) is 0 Å². The highest BCUT2D eigenvalue weighted by molar-refractivity contribution is 5.82. The second-order valence-corrected chi connectivity index (χ2v) is 8.63. The number of amides is 3. The van der Waals surface area contributed by atoms with E-state index < -0.39 is 0 Å². The Balaban J connectivity index is 1.21. The first-order chi connectivity index (χ1) is 13.7. The Morgan fingerprint density at radius 3 is 2.64 bits per heavy atom. The van der Waals surface area contributed by atoms with Gasteiger partial charge < -0.3 is 15.5 Å². The van der Waals surface area contributed by atoms with Crippen LogP contribution in [0.5, 0.6) is 0 Å². The van der Waals surface area contributed by atoms with Crippen LogP contribution < -0.4 is 10.6 Å². The van der Waals surface area contributed by atoms with Crippen LogP contribution in [0.25, 0.3) is 0 Å². The van der Waals surface area contributed by atoms with Crippen LogP contribution >= 0.6 is 0 Å². The van der Waals surface area contributed by atoms with E-state index >= 15 is 0 Å². The maximum absolute atomic E-state index is 12.7. The van der Waals surface area contributed by atoms with E-state index in [2.05, 4.69) is 45.9 Å². The van der Waals surface area contributed by atoms with Crippen molar-refractivity contribution < 1.29 is 9.59 Å². The van der Waals surface area contributed by atoms with Crippen molar-refractivity contribution in [3.63, 3.8) is 0 Å². The zero-order chi connectivity index (χ0) is 19.3. The minimum Gasteiger partial charge on any atom is -0.351 e. The Hall–Kier alpha value is -2.08. The number of carbonyl (C=O) groups excluding carboxylic acids is 2. The summed E-state index contributed by atoms with van der Waals surface area (Å²) in [5.74, 6) is 0.630. The van der Waals surface area contributed by atoms with E-state index in [-0.39, 0.29) is 23.9 Å². The average Bonchev–Trinajstić information content (AvgIpc) is 2.96. The predicted octanol–water partition coefficient (Wildman–Crippen LogP) is 2.21. The number of hydrogen-bond donors (Lipinski definition) is 2. The van der Waals surface area contributed by atoms with Crippen molar-refractivity contribution in [3.05, 3.63) is 35.9 Å². The summed E-state index contributed by atoms with van der Waals surface area (Å²) < 4.78 is 0. The molecule has 2 bridgehead atoms. The van der Waals surface area contributed by atoms with Crippen LogP contribution in [0.3, 0.4) is 0 Å². The maximum atomic E-state index is 12.7. The van der Waals surface area contributed by atoms with Gasteiger partial charge in [0.2, 0.25) is 5.91 Å². The normalized spacial score (nSPS) is 26.4. The molecule has 3 aliphatic rings. The van der Waals surface area contributed by atoms with Gasteiger partial charge >= 0.3 is 6.03 Å². The Morgan fingerprint density at radius 2 is 1.86 bits per heavy atom. The number of nitrogens with zero attached hydrogens (tertiary/aromatic N) is 2. The Labute approximate surface area is 167 Å². The van der Waals surface area contributed by atoms with Gasteiger partial charge in [0.05, 0.1) is 5.92 Å². The van der Waals surface area contributed by atoms with Crippen LogP contribution in [0.4, 0.5) is 4.79 Å². The highest BCUT2D eigenvalue weighted by Gasteiger charge is 2.34. The number of benzene rings is 1. The molecule has 1 aromatic rings. The number of urea groups is 1. The topological polar surface area (TPSA) is 64.7 Å². The first-order valence-electron chi connectivity index (χ1n) is 10.8. The fraction of sp³-hybridized carbons (Fsp3) is 0.636. The van der Waals surface area contributed by atoms with E-state index in [0.29, 0.717) is 19.0 Å². The third-order valence-corrected chi connectivity index (χ3v) is 6.49. The number of hydrogen-bond acceptors (Lipinski definition) is 3. The van der Waals surface area contributed by atoms with Crippen LogP contribution in [0, 0.1) is 11.8 Å². The summed E-state index contributed by atoms with van der Waals surface area (Å²) in [4.78, 5) is 29.2. The van der Waals surface area contributed by atoms with E-state index in [0.717, 1.165) is 58.3 Å². The summed E-state index contributed by atoms with van der Waals surface area (Å²) in [6, 6.07) is 10.7. The van der Waals surface area contributed by atoms with E-state index in [9.17, 15) is 9.59 Å². The number of likely N-dealkylation sites (tertiary alicyclic amines) is 2. The molecule has 3 heterocycles. The predicted molar refractivity (Wildman–Crippen MR) is 109 cm³/mol. The van der Waals surface area contributed by atoms with Crippen molar-refractivity contribution in [1.82, 2.24) is 20.4 Å². The lowest BCUT2D eigenvalue weighted by molar-refractivity contribution is -0.124. The van der Waals surface area contributed by atoms with Gasteiger partial charge in [-0.25, -0.2) is 4.79 Å².